The molecule has 11 heteroatoms. The van der Waals surface area contributed by atoms with E-state index in [4.69, 9.17) is 19.6 Å². The molecule has 8 nitrogen and oxygen atoms in total. The molecular formula is C34H19F2IN8. The topological polar surface area (TPSA) is 70.1 Å². The molecule has 0 bridgehead atoms. The van der Waals surface area contributed by atoms with E-state index in [1.807, 2.05) is 24.3 Å². The molecule has 45 heavy (non-hydrogen) atoms. The molecule has 0 N–H and O–H groups in total. The van der Waals surface area contributed by atoms with Crippen LogP contribution in [0, 0.1) is 52.7 Å². The summed E-state index contributed by atoms with van der Waals surface area (Å²) in [4.78, 5) is 14.2. The first-order valence-electron chi connectivity index (χ1n) is 12.8. The summed E-state index contributed by atoms with van der Waals surface area (Å²) in [5.41, 5.74) is 3.72. The van der Waals surface area contributed by atoms with Crippen molar-refractivity contribution in [2.24, 2.45) is 0 Å². The number of halogens is 3. The van der Waals surface area contributed by atoms with E-state index in [0.717, 1.165) is 14.8 Å². The maximum Gasteiger partial charge on any atom is 0.192 e. The largest absolute Gasteiger partial charge is 0.263 e. The van der Waals surface area contributed by atoms with Crippen LogP contribution in [0.3, 0.4) is 0 Å². The Hall–Kier alpha value is -6.15. The van der Waals surface area contributed by atoms with Gasteiger partial charge in [0, 0.05) is 48.3 Å². The van der Waals surface area contributed by atoms with E-state index in [0.29, 0.717) is 17.1 Å². The molecule has 0 radical (unpaired) electrons. The number of hydrogen-bond donors (Lipinski definition) is 0. The van der Waals surface area contributed by atoms with Crippen molar-refractivity contribution in [3.63, 3.8) is 0 Å². The molecule has 0 aliphatic heterocycles. The maximum absolute atomic E-state index is 13.5. The molecule has 6 rings (SSSR count). The zero-order valence-electron chi connectivity index (χ0n) is 23.2. The van der Waals surface area contributed by atoms with Gasteiger partial charge in [-0.15, -0.1) is 6.42 Å². The van der Waals surface area contributed by atoms with Crippen molar-refractivity contribution in [2.75, 3.05) is 0 Å². The van der Waals surface area contributed by atoms with Crippen LogP contribution in [0.15, 0.2) is 110 Å². The SMILES string of the molecule is C#Cc1cccnc1.[C-]#[N+]c1cc(F)cc(-n2ccc(C#Cc3cccnc3)n2)c1.[C-]#[N+]c1cc(F)cc(-n2ccc(I)n2)c1. The lowest BCUT2D eigenvalue weighted by atomic mass is 10.3. The molecule has 0 spiro atoms. The van der Waals surface area contributed by atoms with Gasteiger partial charge in [0.05, 0.1) is 24.5 Å². The van der Waals surface area contributed by atoms with Crippen LogP contribution >= 0.6 is 22.6 Å². The van der Waals surface area contributed by atoms with Crippen molar-refractivity contribution >= 4 is 34.0 Å². The normalized spacial score (nSPS) is 9.42. The number of aromatic nitrogens is 6. The van der Waals surface area contributed by atoms with Crippen LogP contribution in [0.25, 0.3) is 21.1 Å². The molecule has 6 aromatic rings. The second-order valence-electron chi connectivity index (χ2n) is 8.67. The molecule has 0 fully saturated rings. The Morgan fingerprint density at radius 1 is 0.711 bits per heavy atom. The van der Waals surface area contributed by atoms with Crippen LogP contribution in [-0.4, -0.2) is 29.5 Å². The zero-order valence-corrected chi connectivity index (χ0v) is 25.3. The second kappa shape index (κ2) is 15.9. The number of hydrogen-bond acceptors (Lipinski definition) is 4. The fraction of sp³-hybridized carbons (Fsp3) is 0. The third-order valence-corrected chi connectivity index (χ3v) is 6.07. The summed E-state index contributed by atoms with van der Waals surface area (Å²) < 4.78 is 30.4. The van der Waals surface area contributed by atoms with Crippen LogP contribution in [0.4, 0.5) is 20.2 Å². The predicted octanol–water partition coefficient (Wildman–Crippen LogP) is 7.59. The minimum Gasteiger partial charge on any atom is -0.263 e. The highest BCUT2D eigenvalue weighted by molar-refractivity contribution is 14.1. The van der Waals surface area contributed by atoms with Crippen LogP contribution in [-0.2, 0) is 0 Å². The van der Waals surface area contributed by atoms with E-state index < -0.39 is 11.6 Å². The Morgan fingerprint density at radius 2 is 1.27 bits per heavy atom. The summed E-state index contributed by atoms with van der Waals surface area (Å²) in [6, 6.07) is 19.1. The molecule has 0 saturated heterocycles. The summed E-state index contributed by atoms with van der Waals surface area (Å²) in [7, 11) is 0. The lowest BCUT2D eigenvalue weighted by Gasteiger charge is -2.01. The molecule has 0 saturated carbocycles. The van der Waals surface area contributed by atoms with Gasteiger partial charge in [-0.05, 0) is 101 Å². The van der Waals surface area contributed by atoms with Gasteiger partial charge >= 0.3 is 0 Å². The van der Waals surface area contributed by atoms with Gasteiger partial charge in [-0.3, -0.25) is 9.97 Å². The molecule has 0 aliphatic rings. The van der Waals surface area contributed by atoms with E-state index in [2.05, 4.69) is 70.2 Å². The molecule has 216 valence electrons. The molecule has 2 aromatic carbocycles. The molecule has 4 heterocycles. The Kier molecular flexibility index (Phi) is 11.2. The zero-order chi connectivity index (χ0) is 32.0. The van der Waals surface area contributed by atoms with Gasteiger partial charge < -0.3 is 0 Å². The van der Waals surface area contributed by atoms with E-state index >= 15 is 0 Å². The lowest BCUT2D eigenvalue weighted by molar-refractivity contribution is 0.626. The first-order valence-corrected chi connectivity index (χ1v) is 13.9. The smallest absolute Gasteiger partial charge is 0.192 e. The predicted molar refractivity (Wildman–Crippen MR) is 175 cm³/mol. The van der Waals surface area contributed by atoms with Gasteiger partial charge in [0.25, 0.3) is 0 Å². The average Bonchev–Trinajstić information content (AvgIpc) is 3.74. The van der Waals surface area contributed by atoms with Gasteiger partial charge in [-0.2, -0.15) is 10.2 Å². The van der Waals surface area contributed by atoms with Gasteiger partial charge in [0.15, 0.2) is 11.4 Å². The summed E-state index contributed by atoms with van der Waals surface area (Å²) >= 11 is 2.07. The highest BCUT2D eigenvalue weighted by atomic mass is 127. The van der Waals surface area contributed by atoms with Gasteiger partial charge in [0.2, 0.25) is 0 Å². The lowest BCUT2D eigenvalue weighted by Crippen LogP contribution is -1.95. The van der Waals surface area contributed by atoms with Crippen LogP contribution in [0.5, 0.6) is 0 Å². The number of terminal acetylenes is 1. The first-order chi connectivity index (χ1) is 21.9. The van der Waals surface area contributed by atoms with E-state index in [9.17, 15) is 8.78 Å². The van der Waals surface area contributed by atoms with Crippen molar-refractivity contribution in [2.45, 2.75) is 0 Å². The molecule has 0 unspecified atom stereocenters. The third kappa shape index (κ3) is 9.69. The Labute approximate surface area is 271 Å². The fourth-order valence-corrected chi connectivity index (χ4v) is 3.91. The van der Waals surface area contributed by atoms with Crippen molar-refractivity contribution in [3.05, 3.63) is 165 Å². The average molecular weight is 704 g/mol. The van der Waals surface area contributed by atoms with E-state index in [-0.39, 0.29) is 11.4 Å². The number of rotatable bonds is 2. The van der Waals surface area contributed by atoms with Crippen LogP contribution < -0.4 is 0 Å². The van der Waals surface area contributed by atoms with Crippen LogP contribution in [0.1, 0.15) is 16.8 Å². The van der Waals surface area contributed by atoms with E-state index in [1.165, 1.54) is 28.9 Å². The number of pyridine rings is 2. The standard InChI is InChI=1S/C17H9FN4.C10H5FIN3.C7H5N/c1-19-16-9-14(18)10-17(11-16)22-8-6-15(21-22)5-4-13-3-2-7-20-12-13;1-13-8-4-7(11)5-9(6-8)15-3-2-10(12)14-15;1-2-7-4-3-5-8-6-7/h2-3,6-12H;2-6H;1,3-6H. The summed E-state index contributed by atoms with van der Waals surface area (Å²) in [5, 5.41) is 8.40. The molecule has 4 aromatic heterocycles. The first kappa shape index (κ1) is 31.8. The summed E-state index contributed by atoms with van der Waals surface area (Å²) in [6.45, 7) is 13.8. The highest BCUT2D eigenvalue weighted by Gasteiger charge is 2.05. The minimum atomic E-state index is -0.470. The maximum atomic E-state index is 13.5. The van der Waals surface area contributed by atoms with Gasteiger partial charge in [0.1, 0.15) is 21.0 Å². The minimum absolute atomic E-state index is 0.230. The number of benzene rings is 2. The molecule has 0 amide bonds. The fourth-order valence-electron chi connectivity index (χ4n) is 3.51. The second-order valence-corrected chi connectivity index (χ2v) is 9.77. The monoisotopic (exact) mass is 704 g/mol. The third-order valence-electron chi connectivity index (χ3n) is 5.49. The highest BCUT2D eigenvalue weighted by Crippen LogP contribution is 2.21. The van der Waals surface area contributed by atoms with Crippen molar-refractivity contribution in [1.82, 2.24) is 29.5 Å². The Balaban J connectivity index is 0.000000172. The summed E-state index contributed by atoms with van der Waals surface area (Å²) in [6.07, 6.45) is 15.2. The molecular weight excluding hydrogens is 685 g/mol. The molecule has 0 aliphatic carbocycles. The van der Waals surface area contributed by atoms with Crippen LogP contribution in [0.2, 0.25) is 0 Å². The number of nitrogens with zero attached hydrogens (tertiary/aromatic N) is 8. The van der Waals surface area contributed by atoms with Crippen molar-refractivity contribution in [1.29, 1.82) is 0 Å². The quantitative estimate of drug-likeness (QED) is 0.106. The van der Waals surface area contributed by atoms with Crippen molar-refractivity contribution in [3.8, 4) is 35.6 Å². The van der Waals surface area contributed by atoms with Crippen molar-refractivity contribution < 1.29 is 8.78 Å². The summed E-state index contributed by atoms with van der Waals surface area (Å²) in [5.74, 6) is 7.43. The van der Waals surface area contributed by atoms with Gasteiger partial charge in [-0.1, -0.05) is 11.8 Å². The molecule has 0 atom stereocenters. The van der Waals surface area contributed by atoms with E-state index in [1.54, 1.807) is 66.1 Å². The Bertz CT molecular complexity index is 2090. The Morgan fingerprint density at radius 3 is 1.73 bits per heavy atom. The van der Waals surface area contributed by atoms with Gasteiger partial charge in [-0.25, -0.2) is 27.8 Å².